The first-order valence-electron chi connectivity index (χ1n) is 10.7. The average Bonchev–Trinajstić information content (AvgIpc) is 3.32. The standard InChI is InChI=1S/C24H29N5O3/c1-5-32-21-9-7-6-8-20(21)23(30)28-22(16(2)3)24(31)27-17(4)18-10-12-19(13-11-18)29-15-25-14-26-29/h6-17,22H,5H2,1-4H3,(H,27,31)(H,28,30). The predicted octanol–water partition coefficient (Wildman–Crippen LogP) is 3.30. The molecule has 8 heteroatoms. The van der Waals surface area contributed by atoms with Gasteiger partial charge in [0.2, 0.25) is 5.91 Å². The van der Waals surface area contributed by atoms with Gasteiger partial charge in [0, 0.05) is 0 Å². The van der Waals surface area contributed by atoms with Gasteiger partial charge < -0.3 is 15.4 Å². The Morgan fingerprint density at radius 2 is 1.75 bits per heavy atom. The number of carbonyl (C=O) groups is 2. The van der Waals surface area contributed by atoms with Crippen molar-refractivity contribution in [2.24, 2.45) is 5.92 Å². The lowest BCUT2D eigenvalue weighted by atomic mass is 10.0. The molecule has 3 aromatic rings. The molecule has 32 heavy (non-hydrogen) atoms. The molecule has 1 heterocycles. The molecule has 0 fully saturated rings. The van der Waals surface area contributed by atoms with Gasteiger partial charge >= 0.3 is 0 Å². The number of ether oxygens (including phenoxy) is 1. The van der Waals surface area contributed by atoms with Gasteiger partial charge in [-0.1, -0.05) is 38.1 Å². The highest BCUT2D eigenvalue weighted by atomic mass is 16.5. The van der Waals surface area contributed by atoms with Crippen molar-refractivity contribution in [3.63, 3.8) is 0 Å². The van der Waals surface area contributed by atoms with E-state index in [1.54, 1.807) is 29.2 Å². The number of hydrogen-bond acceptors (Lipinski definition) is 5. The van der Waals surface area contributed by atoms with Crippen LogP contribution in [-0.4, -0.2) is 39.2 Å². The van der Waals surface area contributed by atoms with Gasteiger partial charge in [0.25, 0.3) is 5.91 Å². The van der Waals surface area contributed by atoms with Crippen LogP contribution in [0.1, 0.15) is 49.7 Å². The minimum Gasteiger partial charge on any atom is -0.493 e. The predicted molar refractivity (Wildman–Crippen MR) is 122 cm³/mol. The highest BCUT2D eigenvalue weighted by Crippen LogP contribution is 2.19. The quantitative estimate of drug-likeness (QED) is 0.537. The Morgan fingerprint density at radius 3 is 2.38 bits per heavy atom. The summed E-state index contributed by atoms with van der Waals surface area (Å²) in [6.45, 7) is 8.02. The van der Waals surface area contributed by atoms with Crippen molar-refractivity contribution < 1.29 is 14.3 Å². The van der Waals surface area contributed by atoms with Gasteiger partial charge in [-0.25, -0.2) is 9.67 Å². The van der Waals surface area contributed by atoms with Gasteiger partial charge in [-0.3, -0.25) is 9.59 Å². The van der Waals surface area contributed by atoms with Gasteiger partial charge in [-0.15, -0.1) is 0 Å². The van der Waals surface area contributed by atoms with Crippen LogP contribution in [-0.2, 0) is 4.79 Å². The Labute approximate surface area is 188 Å². The Morgan fingerprint density at radius 1 is 1.03 bits per heavy atom. The third-order valence-corrected chi connectivity index (χ3v) is 5.10. The normalized spacial score (nSPS) is 12.8. The van der Waals surface area contributed by atoms with E-state index in [4.69, 9.17) is 4.74 Å². The van der Waals surface area contributed by atoms with Crippen LogP contribution < -0.4 is 15.4 Å². The van der Waals surface area contributed by atoms with Gasteiger partial charge in [0.15, 0.2) is 0 Å². The van der Waals surface area contributed by atoms with Gasteiger partial charge in [0.1, 0.15) is 24.4 Å². The smallest absolute Gasteiger partial charge is 0.255 e. The van der Waals surface area contributed by atoms with Crippen molar-refractivity contribution in [1.29, 1.82) is 0 Å². The fourth-order valence-electron chi connectivity index (χ4n) is 3.33. The maximum absolute atomic E-state index is 13.0. The Hall–Kier alpha value is -3.68. The highest BCUT2D eigenvalue weighted by molar-refractivity contribution is 5.99. The monoisotopic (exact) mass is 435 g/mol. The second-order valence-corrected chi connectivity index (χ2v) is 7.79. The molecule has 2 N–H and O–H groups in total. The zero-order valence-electron chi connectivity index (χ0n) is 18.8. The highest BCUT2D eigenvalue weighted by Gasteiger charge is 2.27. The Balaban J connectivity index is 1.68. The first-order valence-corrected chi connectivity index (χ1v) is 10.7. The number of rotatable bonds is 9. The Kier molecular flexibility index (Phi) is 7.59. The van der Waals surface area contributed by atoms with Crippen LogP contribution in [0.15, 0.2) is 61.2 Å². The van der Waals surface area contributed by atoms with Crippen LogP contribution >= 0.6 is 0 Å². The number of benzene rings is 2. The molecular weight excluding hydrogens is 406 g/mol. The van der Waals surface area contributed by atoms with E-state index in [0.717, 1.165) is 11.3 Å². The third kappa shape index (κ3) is 5.51. The molecule has 0 radical (unpaired) electrons. The Bertz CT molecular complexity index is 1030. The third-order valence-electron chi connectivity index (χ3n) is 5.10. The lowest BCUT2D eigenvalue weighted by Crippen LogP contribution is -2.50. The van der Waals surface area contributed by atoms with E-state index in [1.807, 2.05) is 58.0 Å². The van der Waals surface area contributed by atoms with Gasteiger partial charge in [0.05, 0.1) is 23.9 Å². The van der Waals surface area contributed by atoms with E-state index < -0.39 is 6.04 Å². The average molecular weight is 436 g/mol. The van der Waals surface area contributed by atoms with Crippen molar-refractivity contribution in [1.82, 2.24) is 25.4 Å². The van der Waals surface area contributed by atoms with E-state index in [-0.39, 0.29) is 23.8 Å². The van der Waals surface area contributed by atoms with Crippen molar-refractivity contribution in [3.05, 3.63) is 72.3 Å². The molecule has 2 aromatic carbocycles. The molecule has 2 atom stereocenters. The number of hydrogen-bond donors (Lipinski definition) is 2. The first-order chi connectivity index (χ1) is 15.4. The van der Waals surface area contributed by atoms with Crippen molar-refractivity contribution in [3.8, 4) is 11.4 Å². The fourth-order valence-corrected chi connectivity index (χ4v) is 3.33. The van der Waals surface area contributed by atoms with E-state index in [9.17, 15) is 9.59 Å². The van der Waals surface area contributed by atoms with Crippen LogP contribution in [0, 0.1) is 5.92 Å². The molecule has 0 saturated carbocycles. The lowest BCUT2D eigenvalue weighted by molar-refractivity contribution is -0.124. The summed E-state index contributed by atoms with van der Waals surface area (Å²) < 4.78 is 7.21. The number of aromatic nitrogens is 3. The zero-order valence-corrected chi connectivity index (χ0v) is 18.8. The minimum atomic E-state index is -0.686. The van der Waals surface area contributed by atoms with E-state index in [1.165, 1.54) is 6.33 Å². The first kappa shape index (κ1) is 23.0. The van der Waals surface area contributed by atoms with Crippen molar-refractivity contribution in [2.45, 2.75) is 39.8 Å². The summed E-state index contributed by atoms with van der Waals surface area (Å²) in [5.74, 6) is -0.181. The molecule has 8 nitrogen and oxygen atoms in total. The minimum absolute atomic E-state index is 0.0971. The summed E-state index contributed by atoms with van der Waals surface area (Å²) >= 11 is 0. The summed E-state index contributed by atoms with van der Waals surface area (Å²) in [5, 5.41) is 9.98. The van der Waals surface area contributed by atoms with Gasteiger partial charge in [-0.2, -0.15) is 5.10 Å². The fraction of sp³-hybridized carbons (Fsp3) is 0.333. The van der Waals surface area contributed by atoms with Crippen LogP contribution in [0.4, 0.5) is 0 Å². The molecule has 0 saturated heterocycles. The SMILES string of the molecule is CCOc1ccccc1C(=O)NC(C(=O)NC(C)c1ccc(-n2cncn2)cc1)C(C)C. The van der Waals surface area contributed by atoms with E-state index in [2.05, 4.69) is 20.7 Å². The molecule has 3 rings (SSSR count). The molecular formula is C24H29N5O3. The van der Waals surface area contributed by atoms with E-state index >= 15 is 0 Å². The van der Waals surface area contributed by atoms with Crippen molar-refractivity contribution in [2.75, 3.05) is 6.61 Å². The van der Waals surface area contributed by atoms with Crippen LogP contribution in [0.3, 0.4) is 0 Å². The lowest BCUT2D eigenvalue weighted by Gasteiger charge is -2.24. The molecule has 0 bridgehead atoms. The molecule has 0 aliphatic rings. The largest absolute Gasteiger partial charge is 0.493 e. The van der Waals surface area contributed by atoms with Crippen LogP contribution in [0.2, 0.25) is 0 Å². The maximum Gasteiger partial charge on any atom is 0.255 e. The molecule has 2 amide bonds. The van der Waals surface area contributed by atoms with Crippen LogP contribution in [0.25, 0.3) is 5.69 Å². The molecule has 1 aromatic heterocycles. The number of para-hydroxylation sites is 1. The molecule has 0 spiro atoms. The topological polar surface area (TPSA) is 98.1 Å². The summed E-state index contributed by atoms with van der Waals surface area (Å²) in [4.78, 5) is 29.8. The summed E-state index contributed by atoms with van der Waals surface area (Å²) in [7, 11) is 0. The summed E-state index contributed by atoms with van der Waals surface area (Å²) in [6, 6.07) is 13.8. The molecule has 0 aliphatic heterocycles. The molecule has 168 valence electrons. The van der Waals surface area contributed by atoms with Gasteiger partial charge in [-0.05, 0) is 49.6 Å². The summed E-state index contributed by atoms with van der Waals surface area (Å²) in [5.41, 5.74) is 2.23. The van der Waals surface area contributed by atoms with Crippen molar-refractivity contribution >= 4 is 11.8 Å². The second-order valence-electron chi connectivity index (χ2n) is 7.79. The number of amides is 2. The molecule has 0 aliphatic carbocycles. The van der Waals surface area contributed by atoms with Crippen LogP contribution in [0.5, 0.6) is 5.75 Å². The number of nitrogens with one attached hydrogen (secondary N) is 2. The zero-order chi connectivity index (χ0) is 23.1. The van der Waals surface area contributed by atoms with E-state index in [0.29, 0.717) is 17.9 Å². The maximum atomic E-state index is 13.0. The number of carbonyl (C=O) groups excluding carboxylic acids is 2. The summed E-state index contributed by atoms with van der Waals surface area (Å²) in [6.07, 6.45) is 3.10. The second kappa shape index (κ2) is 10.6. The number of nitrogens with zero attached hydrogens (tertiary/aromatic N) is 3. The molecule has 2 unspecified atom stereocenters.